The second-order valence-corrected chi connectivity index (χ2v) is 6.45. The third-order valence-corrected chi connectivity index (χ3v) is 4.49. The molecule has 0 fully saturated rings. The summed E-state index contributed by atoms with van der Waals surface area (Å²) in [5.41, 5.74) is 7.53. The molecule has 6 nitrogen and oxygen atoms in total. The molecule has 0 unspecified atom stereocenters. The van der Waals surface area contributed by atoms with Crippen molar-refractivity contribution in [2.24, 2.45) is 5.73 Å². The third kappa shape index (κ3) is 4.07. The average Bonchev–Trinajstić information content (AvgIpc) is 3.30. The minimum absolute atomic E-state index is 0.638. The van der Waals surface area contributed by atoms with Gasteiger partial charge in [-0.3, -0.25) is 4.79 Å². The molecule has 0 spiro atoms. The minimum Gasteiger partial charge on any atom is -0.449 e. The van der Waals surface area contributed by atoms with Gasteiger partial charge in [0.2, 0.25) is 0 Å². The Bertz CT molecular complexity index is 930. The Balaban J connectivity index is 1.90. The van der Waals surface area contributed by atoms with Crippen molar-refractivity contribution >= 4 is 29.3 Å². The van der Waals surface area contributed by atoms with Crippen molar-refractivity contribution in [3.63, 3.8) is 0 Å². The van der Waals surface area contributed by atoms with Gasteiger partial charge in [0, 0.05) is 17.8 Å². The molecule has 0 aliphatic carbocycles. The maximum Gasteiger partial charge on any atom is 0.331 e. The summed E-state index contributed by atoms with van der Waals surface area (Å²) in [4.78, 5) is 23.8. The maximum absolute atomic E-state index is 11.9. The van der Waals surface area contributed by atoms with Gasteiger partial charge >= 0.3 is 5.97 Å². The number of thiophene rings is 1. The van der Waals surface area contributed by atoms with Crippen molar-refractivity contribution in [3.05, 3.63) is 65.7 Å². The molecule has 2 N–H and O–H groups in total. The second kappa shape index (κ2) is 7.79. The van der Waals surface area contributed by atoms with Crippen LogP contribution in [0.3, 0.4) is 0 Å². The number of hydrogen-bond acceptors (Lipinski definition) is 5. The highest BCUT2D eigenvalue weighted by Gasteiger charge is 2.14. The maximum atomic E-state index is 11.9. The van der Waals surface area contributed by atoms with E-state index >= 15 is 0 Å². The molecule has 1 aromatic carbocycles. The quantitative estimate of drug-likeness (QED) is 0.536. The lowest BCUT2D eigenvalue weighted by molar-refractivity contribution is -0.148. The number of nitrogens with zero attached hydrogens (tertiary/aromatic N) is 2. The molecule has 0 aliphatic heterocycles. The number of benzene rings is 1. The first-order valence-corrected chi connectivity index (χ1v) is 8.79. The molecule has 26 heavy (non-hydrogen) atoms. The molecule has 1 atom stereocenters. The normalized spacial score (nSPS) is 12.2. The number of para-hydroxylation sites is 1. The number of aromatic nitrogens is 2. The van der Waals surface area contributed by atoms with Crippen molar-refractivity contribution < 1.29 is 14.3 Å². The van der Waals surface area contributed by atoms with Gasteiger partial charge in [-0.05, 0) is 36.6 Å². The van der Waals surface area contributed by atoms with E-state index in [0.717, 1.165) is 21.8 Å². The number of hydrogen-bond donors (Lipinski definition) is 1. The SMILES string of the molecule is C[C@H](OC(=O)/C=C/c1cn(-c2ccccc2)nc1-c1cccs1)C(N)=O. The van der Waals surface area contributed by atoms with Crippen LogP contribution in [0.2, 0.25) is 0 Å². The molecule has 2 aromatic heterocycles. The van der Waals surface area contributed by atoms with E-state index in [1.54, 1.807) is 22.1 Å². The van der Waals surface area contributed by atoms with Crippen LogP contribution in [0.25, 0.3) is 22.3 Å². The van der Waals surface area contributed by atoms with Crippen LogP contribution in [0, 0.1) is 0 Å². The van der Waals surface area contributed by atoms with E-state index in [4.69, 9.17) is 10.5 Å². The van der Waals surface area contributed by atoms with Gasteiger partial charge in [-0.1, -0.05) is 24.3 Å². The minimum atomic E-state index is -0.976. The first-order chi connectivity index (χ1) is 12.5. The lowest BCUT2D eigenvalue weighted by atomic mass is 10.2. The van der Waals surface area contributed by atoms with E-state index < -0.39 is 18.0 Å². The fourth-order valence-electron chi connectivity index (χ4n) is 2.26. The molecule has 0 saturated carbocycles. The van der Waals surface area contributed by atoms with Gasteiger partial charge in [0.25, 0.3) is 5.91 Å². The summed E-state index contributed by atoms with van der Waals surface area (Å²) in [6.45, 7) is 1.43. The molecular formula is C19H17N3O3S. The van der Waals surface area contributed by atoms with E-state index in [1.807, 2.05) is 54.0 Å². The summed E-state index contributed by atoms with van der Waals surface area (Å²) < 4.78 is 6.69. The van der Waals surface area contributed by atoms with Crippen LogP contribution in [0.1, 0.15) is 12.5 Å². The predicted octanol–water partition coefficient (Wildman–Crippen LogP) is 3.03. The summed E-state index contributed by atoms with van der Waals surface area (Å²) in [5.74, 6) is -1.33. The summed E-state index contributed by atoms with van der Waals surface area (Å²) >= 11 is 1.56. The number of nitrogens with two attached hydrogens (primary N) is 1. The summed E-state index contributed by atoms with van der Waals surface area (Å²) in [6, 6.07) is 13.6. The van der Waals surface area contributed by atoms with Gasteiger partial charge in [0.1, 0.15) is 5.69 Å². The third-order valence-electron chi connectivity index (χ3n) is 3.61. The van der Waals surface area contributed by atoms with E-state index in [9.17, 15) is 9.59 Å². The van der Waals surface area contributed by atoms with Gasteiger partial charge < -0.3 is 10.5 Å². The zero-order valence-electron chi connectivity index (χ0n) is 14.0. The number of amides is 1. The Hall–Kier alpha value is -3.19. The molecule has 3 aromatic rings. The van der Waals surface area contributed by atoms with Crippen molar-refractivity contribution in [2.45, 2.75) is 13.0 Å². The largest absolute Gasteiger partial charge is 0.449 e. The molecule has 0 bridgehead atoms. The number of esters is 1. The summed E-state index contributed by atoms with van der Waals surface area (Å²) in [5, 5.41) is 6.61. The van der Waals surface area contributed by atoms with Crippen molar-refractivity contribution in [1.82, 2.24) is 9.78 Å². The van der Waals surface area contributed by atoms with Crippen molar-refractivity contribution in [1.29, 1.82) is 0 Å². The molecule has 7 heteroatoms. The monoisotopic (exact) mass is 367 g/mol. The van der Waals surface area contributed by atoms with E-state index in [0.29, 0.717) is 0 Å². The lowest BCUT2D eigenvalue weighted by Crippen LogP contribution is -2.29. The van der Waals surface area contributed by atoms with Gasteiger partial charge in [0.15, 0.2) is 6.10 Å². The molecule has 2 heterocycles. The van der Waals surface area contributed by atoms with Crippen LogP contribution in [-0.2, 0) is 14.3 Å². The molecule has 0 saturated heterocycles. The fraction of sp³-hybridized carbons (Fsp3) is 0.105. The number of ether oxygens (including phenoxy) is 1. The van der Waals surface area contributed by atoms with E-state index in [2.05, 4.69) is 5.10 Å². The van der Waals surface area contributed by atoms with Crippen LogP contribution in [-0.4, -0.2) is 27.8 Å². The Morgan fingerprint density at radius 1 is 1.23 bits per heavy atom. The second-order valence-electron chi connectivity index (χ2n) is 5.51. The molecule has 0 aliphatic rings. The topological polar surface area (TPSA) is 87.2 Å². The van der Waals surface area contributed by atoms with Crippen LogP contribution < -0.4 is 5.73 Å². The molecular weight excluding hydrogens is 350 g/mol. The van der Waals surface area contributed by atoms with Gasteiger partial charge in [-0.25, -0.2) is 9.48 Å². The van der Waals surface area contributed by atoms with Crippen LogP contribution in [0.15, 0.2) is 60.1 Å². The summed E-state index contributed by atoms with van der Waals surface area (Å²) in [6.07, 6.45) is 3.75. The van der Waals surface area contributed by atoms with Crippen LogP contribution in [0.4, 0.5) is 0 Å². The van der Waals surface area contributed by atoms with Gasteiger partial charge in [-0.2, -0.15) is 5.10 Å². The first-order valence-electron chi connectivity index (χ1n) is 7.91. The summed E-state index contributed by atoms with van der Waals surface area (Å²) in [7, 11) is 0. The van der Waals surface area contributed by atoms with Crippen LogP contribution in [0.5, 0.6) is 0 Å². The van der Waals surface area contributed by atoms with Crippen molar-refractivity contribution in [2.75, 3.05) is 0 Å². The lowest BCUT2D eigenvalue weighted by Gasteiger charge is -2.06. The zero-order valence-corrected chi connectivity index (χ0v) is 14.8. The Labute approximate surface area is 154 Å². The Morgan fingerprint density at radius 2 is 2.00 bits per heavy atom. The fourth-order valence-corrected chi connectivity index (χ4v) is 2.99. The smallest absolute Gasteiger partial charge is 0.331 e. The van der Waals surface area contributed by atoms with E-state index in [-0.39, 0.29) is 0 Å². The van der Waals surface area contributed by atoms with E-state index in [1.165, 1.54) is 13.0 Å². The van der Waals surface area contributed by atoms with Gasteiger partial charge in [-0.15, -0.1) is 11.3 Å². The molecule has 3 rings (SSSR count). The molecule has 1 amide bonds. The predicted molar refractivity (Wildman–Crippen MR) is 101 cm³/mol. The Morgan fingerprint density at radius 3 is 2.65 bits per heavy atom. The van der Waals surface area contributed by atoms with Crippen LogP contribution >= 0.6 is 11.3 Å². The number of carbonyl (C=O) groups is 2. The first kappa shape index (κ1) is 17.6. The highest BCUT2D eigenvalue weighted by Crippen LogP contribution is 2.28. The number of carbonyl (C=O) groups excluding carboxylic acids is 2. The number of rotatable bonds is 6. The highest BCUT2D eigenvalue weighted by molar-refractivity contribution is 7.13. The standard InChI is InChI=1S/C19H17N3O3S/c1-13(19(20)24)25-17(23)10-9-14-12-22(15-6-3-2-4-7-15)21-18(14)16-8-5-11-26-16/h2-13H,1H3,(H2,20,24)/b10-9+/t13-/m0/s1. The molecule has 132 valence electrons. The zero-order chi connectivity index (χ0) is 18.5. The van der Waals surface area contributed by atoms with Gasteiger partial charge in [0.05, 0.1) is 10.6 Å². The Kier molecular flexibility index (Phi) is 5.28. The van der Waals surface area contributed by atoms with Crippen molar-refractivity contribution in [3.8, 4) is 16.3 Å². The number of primary amides is 1. The molecule has 0 radical (unpaired) electrons. The average molecular weight is 367 g/mol. The highest BCUT2D eigenvalue weighted by atomic mass is 32.1.